The van der Waals surface area contributed by atoms with Crippen LogP contribution in [-0.4, -0.2) is 47.3 Å². The molecule has 2 aliphatic rings. The van der Waals surface area contributed by atoms with E-state index in [-0.39, 0.29) is 11.4 Å². The molecule has 0 aliphatic carbocycles. The van der Waals surface area contributed by atoms with Crippen molar-refractivity contribution in [1.82, 2.24) is 5.01 Å². The molecule has 2 aromatic carbocycles. The largest absolute Gasteiger partial charge is 0.493 e. The first-order valence-corrected chi connectivity index (χ1v) is 14.7. The van der Waals surface area contributed by atoms with E-state index < -0.39 is 5.91 Å². The lowest BCUT2D eigenvalue weighted by Gasteiger charge is -2.20. The molecular formula is C30H30N4O4S2. The first-order chi connectivity index (χ1) is 19.5. The van der Waals surface area contributed by atoms with E-state index in [1.165, 1.54) is 22.3 Å². The summed E-state index contributed by atoms with van der Waals surface area (Å²) in [5, 5.41) is 17.6. The molecule has 8 nitrogen and oxygen atoms in total. The Kier molecular flexibility index (Phi) is 8.66. The number of rotatable bonds is 11. The van der Waals surface area contributed by atoms with Crippen molar-refractivity contribution in [3.05, 3.63) is 81.6 Å². The van der Waals surface area contributed by atoms with E-state index in [0.29, 0.717) is 47.8 Å². The lowest BCUT2D eigenvalue weighted by molar-refractivity contribution is -0.114. The Hall–Kier alpha value is -3.89. The third-order valence-electron chi connectivity index (χ3n) is 6.56. The summed E-state index contributed by atoms with van der Waals surface area (Å²) in [6.07, 6.45) is 3.44. The summed E-state index contributed by atoms with van der Waals surface area (Å²) >= 11 is 2.84. The molecule has 206 valence electrons. The van der Waals surface area contributed by atoms with Crippen molar-refractivity contribution in [3.8, 4) is 17.2 Å². The van der Waals surface area contributed by atoms with Gasteiger partial charge in [-0.2, -0.15) is 15.1 Å². The van der Waals surface area contributed by atoms with Crippen LogP contribution >= 0.6 is 23.1 Å². The fourth-order valence-corrected chi connectivity index (χ4v) is 5.79. The summed E-state index contributed by atoms with van der Waals surface area (Å²) in [7, 11) is 1.57. The van der Waals surface area contributed by atoms with Gasteiger partial charge in [-0.15, -0.1) is 11.3 Å². The zero-order valence-corrected chi connectivity index (χ0v) is 24.2. The second-order valence-corrected chi connectivity index (χ2v) is 11.1. The van der Waals surface area contributed by atoms with E-state index >= 15 is 0 Å². The molecule has 1 atom stereocenters. The van der Waals surface area contributed by atoms with Crippen LogP contribution in [0.5, 0.6) is 17.2 Å². The third-order valence-corrected chi connectivity index (χ3v) is 8.51. The SMILES string of the molecule is CC[C@@H](C)c1ccc(OCCCOc2ccc(/C=C3/C(=N)N4N=C(c5cccs5)SC4=NC3=O)cc2OC)cc1. The van der Waals surface area contributed by atoms with Gasteiger partial charge in [0, 0.05) is 6.42 Å². The standard InChI is InChI=1S/C30H30N4O4S2/c1-4-19(2)21-9-11-22(12-10-21)37-14-6-15-38-24-13-8-20(18-25(24)36-3)17-23-27(31)34-30(32-28(23)35)40-29(33-34)26-7-5-16-39-26/h5,7-13,16-19,31H,4,6,14-15H2,1-3H3/b23-17-,31-27?/t19-/m1/s1. The smallest absolute Gasteiger partial charge is 0.283 e. The van der Waals surface area contributed by atoms with Crippen LogP contribution < -0.4 is 14.2 Å². The van der Waals surface area contributed by atoms with E-state index in [0.717, 1.165) is 22.1 Å². The number of amidine groups is 2. The Labute approximate surface area is 241 Å². The van der Waals surface area contributed by atoms with Gasteiger partial charge in [0.05, 0.1) is 30.8 Å². The molecule has 3 heterocycles. The fraction of sp³-hybridized carbons (Fsp3) is 0.267. The number of carbonyl (C=O) groups excluding carboxylic acids is 1. The number of thioether (sulfide) groups is 1. The lowest BCUT2D eigenvalue weighted by atomic mass is 9.99. The normalized spacial score (nSPS) is 16.5. The first-order valence-electron chi connectivity index (χ1n) is 13.0. The number of benzene rings is 2. The average Bonchev–Trinajstić information content (AvgIpc) is 3.66. The molecule has 0 unspecified atom stereocenters. The van der Waals surface area contributed by atoms with Gasteiger partial charge in [0.15, 0.2) is 17.3 Å². The summed E-state index contributed by atoms with van der Waals surface area (Å²) < 4.78 is 17.3. The van der Waals surface area contributed by atoms with Gasteiger partial charge in [-0.05, 0) is 77.0 Å². The molecule has 5 rings (SSSR count). The number of nitrogens with zero attached hydrogens (tertiary/aromatic N) is 3. The van der Waals surface area contributed by atoms with Gasteiger partial charge in [0.2, 0.25) is 5.17 Å². The van der Waals surface area contributed by atoms with Gasteiger partial charge < -0.3 is 14.2 Å². The number of methoxy groups -OCH3 is 1. The number of carbonyl (C=O) groups is 1. The van der Waals surface area contributed by atoms with E-state index in [2.05, 4.69) is 36.1 Å². The number of amides is 1. The second kappa shape index (κ2) is 12.5. The molecule has 1 amide bonds. The lowest BCUT2D eigenvalue weighted by Crippen LogP contribution is -2.35. The summed E-state index contributed by atoms with van der Waals surface area (Å²) in [6, 6.07) is 17.5. The van der Waals surface area contributed by atoms with Gasteiger partial charge in [-0.25, -0.2) is 0 Å². The maximum Gasteiger partial charge on any atom is 0.283 e. The molecule has 0 saturated carbocycles. The highest BCUT2D eigenvalue weighted by Crippen LogP contribution is 2.33. The maximum absolute atomic E-state index is 12.8. The summed E-state index contributed by atoms with van der Waals surface area (Å²) in [6.45, 7) is 5.40. The molecule has 3 aromatic rings. The van der Waals surface area contributed by atoms with Crippen LogP contribution in [0.1, 0.15) is 48.6 Å². The van der Waals surface area contributed by atoms with Crippen LogP contribution in [0.2, 0.25) is 0 Å². The van der Waals surface area contributed by atoms with Crippen LogP contribution in [0.25, 0.3) is 6.08 Å². The molecule has 0 radical (unpaired) electrons. The molecule has 0 spiro atoms. The monoisotopic (exact) mass is 574 g/mol. The zero-order valence-electron chi connectivity index (χ0n) is 22.5. The van der Waals surface area contributed by atoms with Gasteiger partial charge in [-0.1, -0.05) is 38.1 Å². The van der Waals surface area contributed by atoms with Crippen LogP contribution in [0.4, 0.5) is 0 Å². The minimum absolute atomic E-state index is 0.0112. The first kappa shape index (κ1) is 27.7. The van der Waals surface area contributed by atoms with E-state index in [9.17, 15) is 4.79 Å². The highest BCUT2D eigenvalue weighted by Gasteiger charge is 2.36. The Morgan fingerprint density at radius 3 is 2.60 bits per heavy atom. The molecule has 0 bridgehead atoms. The van der Waals surface area contributed by atoms with Crippen LogP contribution in [0.15, 0.2) is 75.6 Å². The van der Waals surface area contributed by atoms with Crippen LogP contribution in [-0.2, 0) is 4.79 Å². The Balaban J connectivity index is 1.18. The van der Waals surface area contributed by atoms with Crippen molar-refractivity contribution in [2.24, 2.45) is 10.1 Å². The highest BCUT2D eigenvalue weighted by atomic mass is 32.2. The van der Waals surface area contributed by atoms with Gasteiger partial charge >= 0.3 is 0 Å². The molecular weight excluding hydrogens is 544 g/mol. The van der Waals surface area contributed by atoms with Crippen molar-refractivity contribution < 1.29 is 19.0 Å². The predicted octanol–water partition coefficient (Wildman–Crippen LogP) is 6.79. The van der Waals surface area contributed by atoms with E-state index in [4.69, 9.17) is 19.6 Å². The predicted molar refractivity (Wildman–Crippen MR) is 162 cm³/mol. The number of ether oxygens (including phenoxy) is 3. The molecule has 1 N–H and O–H groups in total. The van der Waals surface area contributed by atoms with Gasteiger partial charge in [-0.3, -0.25) is 10.2 Å². The molecule has 40 heavy (non-hydrogen) atoms. The number of hydrogen-bond acceptors (Lipinski definition) is 8. The van der Waals surface area contributed by atoms with Crippen molar-refractivity contribution in [2.45, 2.75) is 32.6 Å². The number of aliphatic imine (C=N–C) groups is 1. The van der Waals surface area contributed by atoms with Crippen molar-refractivity contribution in [3.63, 3.8) is 0 Å². The third kappa shape index (κ3) is 6.13. The van der Waals surface area contributed by atoms with Crippen molar-refractivity contribution in [1.29, 1.82) is 5.41 Å². The van der Waals surface area contributed by atoms with Crippen molar-refractivity contribution in [2.75, 3.05) is 20.3 Å². The zero-order chi connectivity index (χ0) is 28.1. The Morgan fingerprint density at radius 1 is 1.07 bits per heavy atom. The quantitative estimate of drug-likeness (QED) is 0.200. The summed E-state index contributed by atoms with van der Waals surface area (Å²) in [5.41, 5.74) is 2.17. The molecule has 1 aromatic heterocycles. The van der Waals surface area contributed by atoms with E-state index in [1.54, 1.807) is 36.7 Å². The molecule has 2 aliphatic heterocycles. The number of nitrogens with one attached hydrogen (secondary N) is 1. The minimum Gasteiger partial charge on any atom is -0.493 e. The number of hydrogen-bond donors (Lipinski definition) is 1. The Morgan fingerprint density at radius 2 is 1.88 bits per heavy atom. The van der Waals surface area contributed by atoms with Crippen molar-refractivity contribution >= 4 is 51.1 Å². The van der Waals surface area contributed by atoms with Crippen LogP contribution in [0.3, 0.4) is 0 Å². The maximum atomic E-state index is 12.8. The fourth-order valence-electron chi connectivity index (χ4n) is 4.11. The molecule has 0 saturated heterocycles. The molecule has 10 heteroatoms. The summed E-state index contributed by atoms with van der Waals surface area (Å²) in [5.74, 6) is 2.03. The van der Waals surface area contributed by atoms with Gasteiger partial charge in [0.25, 0.3) is 5.91 Å². The average molecular weight is 575 g/mol. The van der Waals surface area contributed by atoms with Gasteiger partial charge in [0.1, 0.15) is 10.8 Å². The number of fused-ring (bicyclic) bond motifs is 1. The van der Waals surface area contributed by atoms with E-state index in [1.807, 2.05) is 35.7 Å². The number of hydrazone groups is 1. The second-order valence-electron chi connectivity index (χ2n) is 9.24. The van der Waals surface area contributed by atoms with Crippen LogP contribution in [0, 0.1) is 5.41 Å². The number of thiophene rings is 1. The topological polar surface area (TPSA) is 96.6 Å². The highest BCUT2D eigenvalue weighted by molar-refractivity contribution is 8.27. The molecule has 0 fully saturated rings. The Bertz CT molecular complexity index is 1480. The summed E-state index contributed by atoms with van der Waals surface area (Å²) in [4.78, 5) is 17.9. The minimum atomic E-state index is -0.472.